The standard InChI is InChI=1S/C8H14O/c1-5-6-2-3-7(5)8(9)4-6/h5-9H,2-4H2,1H3/t5-,6-,7-,8-/m1/s1. The number of hydrogen-bond acceptors (Lipinski definition) is 1. The first-order valence-electron chi connectivity index (χ1n) is 3.97. The van der Waals surface area contributed by atoms with Crippen molar-refractivity contribution < 1.29 is 5.11 Å². The van der Waals surface area contributed by atoms with Crippen LogP contribution in [0.15, 0.2) is 0 Å². The molecule has 2 saturated carbocycles. The molecule has 2 rings (SSSR count). The molecule has 1 N–H and O–H groups in total. The lowest BCUT2D eigenvalue weighted by atomic mass is 9.98. The van der Waals surface area contributed by atoms with Crippen molar-refractivity contribution in [3.8, 4) is 0 Å². The van der Waals surface area contributed by atoms with Crippen LogP contribution < -0.4 is 0 Å². The summed E-state index contributed by atoms with van der Waals surface area (Å²) in [6.45, 7) is 2.29. The van der Waals surface area contributed by atoms with Crippen molar-refractivity contribution in [1.29, 1.82) is 0 Å². The summed E-state index contributed by atoms with van der Waals surface area (Å²) in [5.41, 5.74) is 0. The minimum absolute atomic E-state index is 0.0544. The van der Waals surface area contributed by atoms with Crippen molar-refractivity contribution in [2.24, 2.45) is 17.8 Å². The van der Waals surface area contributed by atoms with E-state index in [9.17, 15) is 5.11 Å². The first kappa shape index (κ1) is 5.72. The first-order valence-corrected chi connectivity index (χ1v) is 3.97. The molecule has 0 radical (unpaired) electrons. The first-order chi connectivity index (χ1) is 4.29. The number of hydrogen-bond donors (Lipinski definition) is 1. The van der Waals surface area contributed by atoms with Crippen LogP contribution in [-0.2, 0) is 0 Å². The van der Waals surface area contributed by atoms with Crippen molar-refractivity contribution in [3.05, 3.63) is 0 Å². The summed E-state index contributed by atoms with van der Waals surface area (Å²) in [5.74, 6) is 2.35. The molecule has 4 atom stereocenters. The summed E-state index contributed by atoms with van der Waals surface area (Å²) in [5, 5.41) is 9.39. The average molecular weight is 126 g/mol. The second kappa shape index (κ2) is 1.72. The van der Waals surface area contributed by atoms with Crippen LogP contribution >= 0.6 is 0 Å². The lowest BCUT2D eigenvalue weighted by Gasteiger charge is -2.14. The van der Waals surface area contributed by atoms with Gasteiger partial charge in [-0.3, -0.25) is 0 Å². The predicted octanol–water partition coefficient (Wildman–Crippen LogP) is 1.41. The Hall–Kier alpha value is -0.0400. The van der Waals surface area contributed by atoms with Gasteiger partial charge in [-0.15, -0.1) is 0 Å². The monoisotopic (exact) mass is 126 g/mol. The van der Waals surface area contributed by atoms with E-state index in [0.717, 1.165) is 18.3 Å². The number of rotatable bonds is 0. The summed E-state index contributed by atoms with van der Waals surface area (Å²) in [6, 6.07) is 0. The van der Waals surface area contributed by atoms with Crippen LogP contribution in [0.4, 0.5) is 0 Å². The molecule has 0 saturated heterocycles. The van der Waals surface area contributed by atoms with Crippen molar-refractivity contribution in [2.45, 2.75) is 32.3 Å². The van der Waals surface area contributed by atoms with Gasteiger partial charge in [-0.05, 0) is 37.0 Å². The molecule has 0 aromatic rings. The fraction of sp³-hybridized carbons (Fsp3) is 1.00. The van der Waals surface area contributed by atoms with Gasteiger partial charge in [0.25, 0.3) is 0 Å². The number of aliphatic hydroxyl groups excluding tert-OH is 1. The highest BCUT2D eigenvalue weighted by atomic mass is 16.3. The second-order valence-corrected chi connectivity index (χ2v) is 3.66. The largest absolute Gasteiger partial charge is 0.393 e. The third-order valence-corrected chi connectivity index (χ3v) is 3.33. The topological polar surface area (TPSA) is 20.2 Å². The molecule has 1 heteroatoms. The van der Waals surface area contributed by atoms with Gasteiger partial charge in [0.05, 0.1) is 6.10 Å². The zero-order chi connectivity index (χ0) is 6.43. The molecular weight excluding hydrogens is 112 g/mol. The van der Waals surface area contributed by atoms with Crippen molar-refractivity contribution >= 4 is 0 Å². The van der Waals surface area contributed by atoms with E-state index < -0.39 is 0 Å². The zero-order valence-corrected chi connectivity index (χ0v) is 5.88. The van der Waals surface area contributed by atoms with Crippen LogP contribution in [0, 0.1) is 17.8 Å². The molecule has 0 aliphatic heterocycles. The molecule has 0 spiro atoms. The molecule has 52 valence electrons. The van der Waals surface area contributed by atoms with Gasteiger partial charge in [-0.1, -0.05) is 6.92 Å². The van der Waals surface area contributed by atoms with Crippen LogP contribution in [0.1, 0.15) is 26.2 Å². The van der Waals surface area contributed by atoms with Crippen LogP contribution in [0.2, 0.25) is 0 Å². The molecule has 2 aliphatic rings. The highest BCUT2D eigenvalue weighted by Gasteiger charge is 2.44. The molecule has 2 bridgehead atoms. The Balaban J connectivity index is 2.16. The second-order valence-electron chi connectivity index (χ2n) is 3.66. The van der Waals surface area contributed by atoms with E-state index in [0.29, 0.717) is 5.92 Å². The minimum atomic E-state index is 0.0544. The van der Waals surface area contributed by atoms with Gasteiger partial charge in [0.1, 0.15) is 0 Å². The van der Waals surface area contributed by atoms with Gasteiger partial charge < -0.3 is 5.11 Å². The summed E-state index contributed by atoms with van der Waals surface area (Å²) in [6.07, 6.45) is 3.81. The Bertz CT molecular complexity index is 122. The van der Waals surface area contributed by atoms with E-state index in [-0.39, 0.29) is 6.10 Å². The van der Waals surface area contributed by atoms with E-state index >= 15 is 0 Å². The Kier molecular flexibility index (Phi) is 1.10. The Labute approximate surface area is 56.1 Å². The Morgan fingerprint density at radius 3 is 2.33 bits per heavy atom. The summed E-state index contributed by atoms with van der Waals surface area (Å²) >= 11 is 0. The van der Waals surface area contributed by atoms with Crippen LogP contribution in [0.25, 0.3) is 0 Å². The smallest absolute Gasteiger partial charge is 0.0573 e. The lowest BCUT2D eigenvalue weighted by molar-refractivity contribution is 0.108. The van der Waals surface area contributed by atoms with Crippen LogP contribution in [-0.4, -0.2) is 11.2 Å². The molecular formula is C8H14O. The Morgan fingerprint density at radius 2 is 2.11 bits per heavy atom. The van der Waals surface area contributed by atoms with Crippen molar-refractivity contribution in [2.75, 3.05) is 0 Å². The predicted molar refractivity (Wildman–Crippen MR) is 36.0 cm³/mol. The molecule has 9 heavy (non-hydrogen) atoms. The van der Waals surface area contributed by atoms with E-state index in [2.05, 4.69) is 6.92 Å². The van der Waals surface area contributed by atoms with Gasteiger partial charge in [0, 0.05) is 0 Å². The van der Waals surface area contributed by atoms with Gasteiger partial charge >= 0.3 is 0 Å². The molecule has 0 aromatic heterocycles. The van der Waals surface area contributed by atoms with E-state index in [1.165, 1.54) is 12.8 Å². The maximum atomic E-state index is 9.39. The lowest BCUT2D eigenvalue weighted by Crippen LogP contribution is -2.16. The molecule has 0 heterocycles. The molecule has 0 unspecified atom stereocenters. The van der Waals surface area contributed by atoms with Crippen LogP contribution in [0.5, 0.6) is 0 Å². The summed E-state index contributed by atoms with van der Waals surface area (Å²) < 4.78 is 0. The molecule has 2 aliphatic carbocycles. The number of aliphatic hydroxyl groups is 1. The maximum absolute atomic E-state index is 9.39. The molecule has 0 aromatic carbocycles. The van der Waals surface area contributed by atoms with Gasteiger partial charge in [0.2, 0.25) is 0 Å². The molecule has 1 nitrogen and oxygen atoms in total. The summed E-state index contributed by atoms with van der Waals surface area (Å²) in [7, 11) is 0. The van der Waals surface area contributed by atoms with Gasteiger partial charge in [-0.25, -0.2) is 0 Å². The third-order valence-electron chi connectivity index (χ3n) is 3.33. The van der Waals surface area contributed by atoms with E-state index in [4.69, 9.17) is 0 Å². The maximum Gasteiger partial charge on any atom is 0.0573 e. The van der Waals surface area contributed by atoms with Crippen molar-refractivity contribution in [3.63, 3.8) is 0 Å². The third kappa shape index (κ3) is 0.644. The highest BCUT2D eigenvalue weighted by molar-refractivity contribution is 4.94. The minimum Gasteiger partial charge on any atom is -0.393 e. The molecule has 2 fully saturated rings. The van der Waals surface area contributed by atoms with Crippen molar-refractivity contribution in [1.82, 2.24) is 0 Å². The van der Waals surface area contributed by atoms with E-state index in [1.807, 2.05) is 0 Å². The van der Waals surface area contributed by atoms with Crippen LogP contribution in [0.3, 0.4) is 0 Å². The van der Waals surface area contributed by atoms with Gasteiger partial charge in [0.15, 0.2) is 0 Å². The van der Waals surface area contributed by atoms with E-state index in [1.54, 1.807) is 0 Å². The summed E-state index contributed by atoms with van der Waals surface area (Å²) in [4.78, 5) is 0. The normalized spacial score (nSPS) is 56.7. The number of fused-ring (bicyclic) bond motifs is 2. The highest BCUT2D eigenvalue weighted by Crippen LogP contribution is 2.48. The Morgan fingerprint density at radius 1 is 1.33 bits per heavy atom. The fourth-order valence-corrected chi connectivity index (χ4v) is 2.64. The SMILES string of the molecule is C[C@@H]1[C@@H]2CC[C@H]1[C@H](O)C2. The average Bonchev–Trinajstić information content (AvgIpc) is 2.25. The fourth-order valence-electron chi connectivity index (χ4n) is 2.64. The zero-order valence-electron chi connectivity index (χ0n) is 5.88. The quantitative estimate of drug-likeness (QED) is 0.520. The van der Waals surface area contributed by atoms with Gasteiger partial charge in [-0.2, -0.15) is 0 Å². The molecule has 0 amide bonds.